The van der Waals surface area contributed by atoms with E-state index in [1.807, 2.05) is 12.1 Å². The van der Waals surface area contributed by atoms with Gasteiger partial charge in [-0.25, -0.2) is 9.79 Å². The van der Waals surface area contributed by atoms with Gasteiger partial charge in [0.1, 0.15) is 0 Å². The summed E-state index contributed by atoms with van der Waals surface area (Å²) < 4.78 is 10.7. The summed E-state index contributed by atoms with van der Waals surface area (Å²) in [7, 11) is 4.74. The molecule has 1 fully saturated rings. The molecule has 0 aliphatic carbocycles. The first-order chi connectivity index (χ1) is 13.4. The number of para-hydroxylation sites is 1. The smallest absolute Gasteiger partial charge is 0.335 e. The molecule has 1 heterocycles. The average molecular weight is 398 g/mol. The summed E-state index contributed by atoms with van der Waals surface area (Å²) in [5, 5.41) is 9.47. The maximum Gasteiger partial charge on any atom is 0.335 e. The normalized spacial score (nSPS) is 16.7. The van der Waals surface area contributed by atoms with E-state index in [1.54, 1.807) is 45.5 Å². The Labute approximate surface area is 166 Å². The number of likely N-dealkylation sites (N-methyl/N-ethyl adjacent to an activating group) is 1. The van der Waals surface area contributed by atoms with Crippen molar-refractivity contribution in [1.29, 1.82) is 0 Å². The van der Waals surface area contributed by atoms with Crippen LogP contribution in [0.25, 0.3) is 6.08 Å². The van der Waals surface area contributed by atoms with Crippen LogP contribution in [0.5, 0.6) is 11.5 Å². The number of aliphatic imine (C=N–C) groups is 1. The van der Waals surface area contributed by atoms with Crippen molar-refractivity contribution in [3.8, 4) is 11.5 Å². The van der Waals surface area contributed by atoms with Gasteiger partial charge >= 0.3 is 5.97 Å². The first-order valence-electron chi connectivity index (χ1n) is 8.25. The summed E-state index contributed by atoms with van der Waals surface area (Å²) in [4.78, 5) is 30.0. The number of amides is 1. The van der Waals surface area contributed by atoms with Crippen LogP contribution in [0.4, 0.5) is 5.69 Å². The van der Waals surface area contributed by atoms with Crippen LogP contribution < -0.4 is 9.47 Å². The third-order valence-corrected chi connectivity index (χ3v) is 5.12. The molecule has 0 saturated carbocycles. The van der Waals surface area contributed by atoms with Gasteiger partial charge < -0.3 is 14.6 Å². The van der Waals surface area contributed by atoms with Gasteiger partial charge in [-0.3, -0.25) is 9.69 Å². The number of carbonyl (C=O) groups excluding carboxylic acids is 1. The Morgan fingerprint density at radius 1 is 1.14 bits per heavy atom. The Kier molecular flexibility index (Phi) is 5.70. The van der Waals surface area contributed by atoms with E-state index in [-0.39, 0.29) is 11.5 Å². The number of methoxy groups -OCH3 is 2. The second kappa shape index (κ2) is 8.18. The van der Waals surface area contributed by atoms with Gasteiger partial charge in [-0.05, 0) is 48.2 Å². The predicted molar refractivity (Wildman–Crippen MR) is 108 cm³/mol. The van der Waals surface area contributed by atoms with E-state index < -0.39 is 5.97 Å². The lowest BCUT2D eigenvalue weighted by atomic mass is 10.1. The Hall–Kier alpha value is -3.26. The molecule has 3 rings (SSSR count). The molecule has 7 nitrogen and oxygen atoms in total. The minimum Gasteiger partial charge on any atom is -0.493 e. The van der Waals surface area contributed by atoms with E-state index >= 15 is 0 Å². The van der Waals surface area contributed by atoms with Gasteiger partial charge in [0.15, 0.2) is 16.7 Å². The summed E-state index contributed by atoms with van der Waals surface area (Å²) in [6.45, 7) is 0. The molecule has 0 unspecified atom stereocenters. The molecule has 1 saturated heterocycles. The van der Waals surface area contributed by atoms with Crippen molar-refractivity contribution in [2.75, 3.05) is 21.3 Å². The zero-order chi connectivity index (χ0) is 20.3. The molecule has 1 N–H and O–H groups in total. The summed E-state index contributed by atoms with van der Waals surface area (Å²) in [6.07, 6.45) is 1.74. The standard InChI is InChI=1S/C20H18N2O5S/c1-22-18(23)16(11-13-5-4-6-15(26-2)17(13)27-3)28-20(22)21-14-9-7-12(8-10-14)19(24)25/h4-11H,1-3H3,(H,24,25)/b16-11+,21-20?. The maximum atomic E-state index is 12.6. The van der Waals surface area contributed by atoms with Crippen molar-refractivity contribution in [3.63, 3.8) is 0 Å². The summed E-state index contributed by atoms with van der Waals surface area (Å²) in [5.74, 6) is -0.0637. The Morgan fingerprint density at radius 2 is 1.86 bits per heavy atom. The first kappa shape index (κ1) is 19.5. The SMILES string of the molecule is COc1cccc(/C=C2/SC(=Nc3ccc(C(=O)O)cc3)N(C)C2=O)c1OC. The van der Waals surface area contributed by atoms with Gasteiger partial charge in [0.05, 0.1) is 30.4 Å². The second-order valence-corrected chi connectivity index (χ2v) is 6.81. The molecule has 0 atom stereocenters. The Morgan fingerprint density at radius 3 is 2.46 bits per heavy atom. The fourth-order valence-electron chi connectivity index (χ4n) is 2.61. The van der Waals surface area contributed by atoms with Gasteiger partial charge in [0.2, 0.25) is 0 Å². The third-order valence-electron chi connectivity index (χ3n) is 4.06. The molecule has 0 radical (unpaired) electrons. The maximum absolute atomic E-state index is 12.6. The van der Waals surface area contributed by atoms with Gasteiger partial charge in [-0.15, -0.1) is 0 Å². The van der Waals surface area contributed by atoms with Crippen LogP contribution in [0.15, 0.2) is 52.4 Å². The lowest BCUT2D eigenvalue weighted by Crippen LogP contribution is -2.23. The molecule has 1 aliphatic heterocycles. The van der Waals surface area contributed by atoms with E-state index in [1.165, 1.54) is 28.8 Å². The van der Waals surface area contributed by atoms with Crippen molar-refractivity contribution in [1.82, 2.24) is 4.90 Å². The van der Waals surface area contributed by atoms with Crippen LogP contribution in [0.3, 0.4) is 0 Å². The molecule has 2 aromatic carbocycles. The van der Waals surface area contributed by atoms with Gasteiger partial charge in [0.25, 0.3) is 5.91 Å². The molecule has 1 amide bonds. The molecule has 0 aromatic heterocycles. The van der Waals surface area contributed by atoms with Crippen LogP contribution in [0, 0.1) is 0 Å². The molecule has 2 aromatic rings. The molecular weight excluding hydrogens is 380 g/mol. The number of carbonyl (C=O) groups is 2. The number of hydrogen-bond acceptors (Lipinski definition) is 6. The monoisotopic (exact) mass is 398 g/mol. The van der Waals surface area contributed by atoms with E-state index in [9.17, 15) is 9.59 Å². The molecule has 0 bridgehead atoms. The summed E-state index contributed by atoms with van der Waals surface area (Å²) in [5.41, 5.74) is 1.46. The van der Waals surface area contributed by atoms with E-state index in [4.69, 9.17) is 14.6 Å². The number of benzene rings is 2. The highest BCUT2D eigenvalue weighted by Crippen LogP contribution is 2.37. The van der Waals surface area contributed by atoms with E-state index in [0.29, 0.717) is 27.3 Å². The Balaban J connectivity index is 1.91. The number of thioether (sulfide) groups is 1. The average Bonchev–Trinajstić information content (AvgIpc) is 2.96. The van der Waals surface area contributed by atoms with Gasteiger partial charge in [-0.2, -0.15) is 0 Å². The van der Waals surface area contributed by atoms with Crippen molar-refractivity contribution in [2.45, 2.75) is 0 Å². The minimum absolute atomic E-state index is 0.179. The largest absolute Gasteiger partial charge is 0.493 e. The van der Waals surface area contributed by atoms with Gasteiger partial charge in [0, 0.05) is 12.6 Å². The van der Waals surface area contributed by atoms with Crippen LogP contribution in [0.1, 0.15) is 15.9 Å². The molecule has 144 valence electrons. The van der Waals surface area contributed by atoms with Crippen LogP contribution in [-0.4, -0.2) is 48.3 Å². The minimum atomic E-state index is -1.00. The zero-order valence-corrected chi connectivity index (χ0v) is 16.3. The summed E-state index contributed by atoms with van der Waals surface area (Å²) in [6, 6.07) is 11.6. The van der Waals surface area contributed by atoms with Crippen molar-refractivity contribution >= 4 is 40.6 Å². The number of amidine groups is 1. The van der Waals surface area contributed by atoms with Crippen LogP contribution >= 0.6 is 11.8 Å². The number of hydrogen-bond donors (Lipinski definition) is 1. The highest BCUT2D eigenvalue weighted by molar-refractivity contribution is 8.18. The van der Waals surface area contributed by atoms with Crippen molar-refractivity contribution in [2.24, 2.45) is 4.99 Å². The number of aromatic carboxylic acids is 1. The van der Waals surface area contributed by atoms with E-state index in [0.717, 1.165) is 5.56 Å². The fraction of sp³-hybridized carbons (Fsp3) is 0.150. The zero-order valence-electron chi connectivity index (χ0n) is 15.5. The molecule has 8 heteroatoms. The van der Waals surface area contributed by atoms with Crippen LogP contribution in [0.2, 0.25) is 0 Å². The number of carboxylic acids is 1. The second-order valence-electron chi connectivity index (χ2n) is 5.80. The van der Waals surface area contributed by atoms with Crippen LogP contribution in [-0.2, 0) is 4.79 Å². The number of ether oxygens (including phenoxy) is 2. The number of nitrogens with zero attached hydrogens (tertiary/aromatic N) is 2. The number of carboxylic acid groups (broad SMARTS) is 1. The third kappa shape index (κ3) is 3.86. The molecule has 0 spiro atoms. The Bertz CT molecular complexity index is 983. The lowest BCUT2D eigenvalue weighted by molar-refractivity contribution is -0.121. The number of rotatable bonds is 5. The fourth-order valence-corrected chi connectivity index (χ4v) is 3.59. The molecule has 1 aliphatic rings. The molecule has 28 heavy (non-hydrogen) atoms. The van der Waals surface area contributed by atoms with Crippen molar-refractivity contribution < 1.29 is 24.2 Å². The molecular formula is C20H18N2O5S. The predicted octanol–water partition coefficient (Wildman–Crippen LogP) is 3.64. The lowest BCUT2D eigenvalue weighted by Gasteiger charge is -2.10. The highest BCUT2D eigenvalue weighted by Gasteiger charge is 2.30. The van der Waals surface area contributed by atoms with E-state index in [2.05, 4.69) is 4.99 Å². The van der Waals surface area contributed by atoms with Gasteiger partial charge in [-0.1, -0.05) is 12.1 Å². The topological polar surface area (TPSA) is 88.4 Å². The first-order valence-corrected chi connectivity index (χ1v) is 9.07. The van der Waals surface area contributed by atoms with Crippen molar-refractivity contribution in [3.05, 3.63) is 58.5 Å². The quantitative estimate of drug-likeness (QED) is 0.774. The summed E-state index contributed by atoms with van der Waals surface area (Å²) >= 11 is 1.23. The highest BCUT2D eigenvalue weighted by atomic mass is 32.2.